The molecule has 8 heteroatoms. The molecular weight excluding hydrogens is 400 g/mol. The van der Waals surface area contributed by atoms with E-state index in [4.69, 9.17) is 19.9 Å². The highest BCUT2D eigenvalue weighted by molar-refractivity contribution is 5.84. The van der Waals surface area contributed by atoms with E-state index < -0.39 is 17.6 Å². The van der Waals surface area contributed by atoms with E-state index in [-0.39, 0.29) is 30.7 Å². The van der Waals surface area contributed by atoms with E-state index in [1.165, 1.54) is 18.9 Å². The third kappa shape index (κ3) is 8.86. The van der Waals surface area contributed by atoms with Gasteiger partial charge >= 0.3 is 5.97 Å². The number of primary amides is 1. The van der Waals surface area contributed by atoms with Crippen LogP contribution in [0.1, 0.15) is 59.9 Å². The lowest BCUT2D eigenvalue weighted by Crippen LogP contribution is -2.49. The predicted molar refractivity (Wildman–Crippen MR) is 118 cm³/mol. The number of benzene rings is 1. The number of methoxy groups -OCH3 is 1. The van der Waals surface area contributed by atoms with Crippen LogP contribution in [0, 0.1) is 5.92 Å². The van der Waals surface area contributed by atoms with Gasteiger partial charge in [0.2, 0.25) is 11.8 Å². The molecule has 0 saturated carbocycles. The van der Waals surface area contributed by atoms with Gasteiger partial charge in [-0.25, -0.2) is 4.79 Å². The SMILES string of the molecule is COc1cc(OCCCC(N)=O)ccc1CN(C(C)=O)[C@H](C(=O)OC(C)(C)C)C(C)C. The molecule has 0 bridgehead atoms. The molecule has 0 heterocycles. The van der Waals surface area contributed by atoms with E-state index in [2.05, 4.69) is 0 Å². The molecule has 1 rings (SSSR count). The molecule has 0 unspecified atom stereocenters. The minimum absolute atomic E-state index is 0.141. The van der Waals surface area contributed by atoms with E-state index in [1.54, 1.807) is 39.0 Å². The molecule has 0 spiro atoms. The van der Waals surface area contributed by atoms with Crippen LogP contribution < -0.4 is 15.2 Å². The fourth-order valence-electron chi connectivity index (χ4n) is 3.09. The van der Waals surface area contributed by atoms with Crippen molar-refractivity contribution in [2.24, 2.45) is 11.7 Å². The summed E-state index contributed by atoms with van der Waals surface area (Å²) in [7, 11) is 1.53. The molecule has 8 nitrogen and oxygen atoms in total. The molecule has 2 N–H and O–H groups in total. The number of carbonyl (C=O) groups excluding carboxylic acids is 3. The van der Waals surface area contributed by atoms with Crippen LogP contribution in [0.5, 0.6) is 11.5 Å². The largest absolute Gasteiger partial charge is 0.496 e. The fraction of sp³-hybridized carbons (Fsp3) is 0.609. The molecule has 1 atom stereocenters. The number of carbonyl (C=O) groups is 3. The van der Waals surface area contributed by atoms with Crippen molar-refractivity contribution in [3.05, 3.63) is 23.8 Å². The minimum atomic E-state index is -0.730. The summed E-state index contributed by atoms with van der Waals surface area (Å²) in [5.41, 5.74) is 5.21. The van der Waals surface area contributed by atoms with Crippen molar-refractivity contribution in [2.75, 3.05) is 13.7 Å². The average Bonchev–Trinajstić information content (AvgIpc) is 2.63. The lowest BCUT2D eigenvalue weighted by molar-refractivity contribution is -0.167. The zero-order chi connectivity index (χ0) is 23.8. The summed E-state index contributed by atoms with van der Waals surface area (Å²) in [6, 6.07) is 4.55. The zero-order valence-corrected chi connectivity index (χ0v) is 19.7. The van der Waals surface area contributed by atoms with Gasteiger partial charge in [-0.15, -0.1) is 0 Å². The van der Waals surface area contributed by atoms with E-state index in [0.717, 1.165) is 5.56 Å². The third-order valence-electron chi connectivity index (χ3n) is 4.46. The Balaban J connectivity index is 3.06. The molecule has 0 saturated heterocycles. The van der Waals surface area contributed by atoms with Gasteiger partial charge in [0.1, 0.15) is 23.1 Å². The van der Waals surface area contributed by atoms with Crippen LogP contribution >= 0.6 is 0 Å². The van der Waals surface area contributed by atoms with Gasteiger partial charge in [0.15, 0.2) is 0 Å². The van der Waals surface area contributed by atoms with E-state index >= 15 is 0 Å². The minimum Gasteiger partial charge on any atom is -0.496 e. The monoisotopic (exact) mass is 436 g/mol. The summed E-state index contributed by atoms with van der Waals surface area (Å²) in [4.78, 5) is 37.6. The van der Waals surface area contributed by atoms with Crippen LogP contribution in [0.2, 0.25) is 0 Å². The maximum absolute atomic E-state index is 12.8. The number of hydrogen-bond donors (Lipinski definition) is 1. The van der Waals surface area contributed by atoms with Gasteiger partial charge in [-0.2, -0.15) is 0 Å². The van der Waals surface area contributed by atoms with Gasteiger partial charge in [0.05, 0.1) is 20.3 Å². The van der Waals surface area contributed by atoms with Crippen LogP contribution in [0.15, 0.2) is 18.2 Å². The summed E-state index contributed by atoms with van der Waals surface area (Å²) >= 11 is 0. The summed E-state index contributed by atoms with van der Waals surface area (Å²) in [5, 5.41) is 0. The summed E-state index contributed by atoms with van der Waals surface area (Å²) < 4.78 is 16.7. The Kier molecular flexibility index (Phi) is 9.81. The first kappa shape index (κ1) is 26.3. The maximum atomic E-state index is 12.8. The van der Waals surface area contributed by atoms with Crippen molar-refractivity contribution in [1.82, 2.24) is 4.90 Å². The van der Waals surface area contributed by atoms with Gasteiger partial charge in [0, 0.05) is 25.0 Å². The Morgan fingerprint density at radius 1 is 1.16 bits per heavy atom. The molecule has 0 radical (unpaired) electrons. The normalized spacial score (nSPS) is 12.3. The molecule has 2 amide bonds. The maximum Gasteiger partial charge on any atom is 0.329 e. The van der Waals surface area contributed by atoms with E-state index in [1.807, 2.05) is 13.8 Å². The lowest BCUT2D eigenvalue weighted by atomic mass is 10.0. The molecule has 1 aromatic carbocycles. The fourth-order valence-corrected chi connectivity index (χ4v) is 3.09. The molecule has 0 aliphatic carbocycles. The topological polar surface area (TPSA) is 108 Å². The quantitative estimate of drug-likeness (QED) is 0.422. The first-order valence-electron chi connectivity index (χ1n) is 10.4. The number of rotatable bonds is 11. The highest BCUT2D eigenvalue weighted by Gasteiger charge is 2.35. The van der Waals surface area contributed by atoms with Gasteiger partial charge in [0.25, 0.3) is 0 Å². The zero-order valence-electron chi connectivity index (χ0n) is 19.7. The van der Waals surface area contributed by atoms with Crippen molar-refractivity contribution < 1.29 is 28.6 Å². The second-order valence-electron chi connectivity index (χ2n) is 8.76. The molecule has 0 aromatic heterocycles. The standard InChI is InChI=1S/C23H36N2O6/c1-15(2)21(22(28)31-23(4,5)6)25(16(3)26)14-17-10-11-18(13-19(17)29-7)30-12-8-9-20(24)27/h10-11,13,15,21H,8-9,12,14H2,1-7H3,(H2,24,27)/t21-/m0/s1. The summed E-state index contributed by atoms with van der Waals surface area (Å²) in [6.07, 6.45) is 0.771. The van der Waals surface area contributed by atoms with Crippen molar-refractivity contribution in [3.63, 3.8) is 0 Å². The number of nitrogens with zero attached hydrogens (tertiary/aromatic N) is 1. The Morgan fingerprint density at radius 3 is 2.29 bits per heavy atom. The number of hydrogen-bond acceptors (Lipinski definition) is 6. The highest BCUT2D eigenvalue weighted by Crippen LogP contribution is 2.28. The van der Waals surface area contributed by atoms with Gasteiger partial charge in [-0.1, -0.05) is 13.8 Å². The van der Waals surface area contributed by atoms with Crippen LogP contribution in [0.25, 0.3) is 0 Å². The van der Waals surface area contributed by atoms with Crippen LogP contribution in [-0.4, -0.2) is 48.0 Å². The number of amides is 2. The van der Waals surface area contributed by atoms with Crippen LogP contribution in [-0.2, 0) is 25.7 Å². The average molecular weight is 437 g/mol. The molecule has 174 valence electrons. The lowest BCUT2D eigenvalue weighted by Gasteiger charge is -2.34. The van der Waals surface area contributed by atoms with Crippen LogP contribution in [0.4, 0.5) is 0 Å². The molecule has 1 aromatic rings. The summed E-state index contributed by atoms with van der Waals surface area (Å²) in [5.74, 6) is -0.0787. The van der Waals surface area contributed by atoms with Crippen molar-refractivity contribution in [1.29, 1.82) is 0 Å². The van der Waals surface area contributed by atoms with E-state index in [0.29, 0.717) is 24.5 Å². The van der Waals surface area contributed by atoms with Crippen molar-refractivity contribution in [2.45, 2.75) is 72.6 Å². The highest BCUT2D eigenvalue weighted by atomic mass is 16.6. The first-order valence-corrected chi connectivity index (χ1v) is 10.4. The summed E-state index contributed by atoms with van der Waals surface area (Å²) in [6.45, 7) is 11.1. The number of esters is 1. The molecule has 0 aliphatic heterocycles. The van der Waals surface area contributed by atoms with Gasteiger partial charge < -0.3 is 24.8 Å². The van der Waals surface area contributed by atoms with Crippen molar-refractivity contribution >= 4 is 17.8 Å². The van der Waals surface area contributed by atoms with Gasteiger partial charge in [-0.3, -0.25) is 9.59 Å². The number of nitrogens with two attached hydrogens (primary N) is 1. The number of ether oxygens (including phenoxy) is 3. The Bertz CT molecular complexity index is 770. The Morgan fingerprint density at radius 2 is 1.81 bits per heavy atom. The molecule has 31 heavy (non-hydrogen) atoms. The first-order chi connectivity index (χ1) is 14.4. The second-order valence-corrected chi connectivity index (χ2v) is 8.76. The molecule has 0 fully saturated rings. The Hall–Kier alpha value is -2.77. The second kappa shape index (κ2) is 11.6. The smallest absolute Gasteiger partial charge is 0.329 e. The van der Waals surface area contributed by atoms with E-state index in [9.17, 15) is 14.4 Å². The third-order valence-corrected chi connectivity index (χ3v) is 4.46. The van der Waals surface area contributed by atoms with Gasteiger partial charge in [-0.05, 0) is 45.2 Å². The predicted octanol–water partition coefficient (Wildman–Crippen LogP) is 3.05. The molecular formula is C23H36N2O6. The van der Waals surface area contributed by atoms with Crippen LogP contribution in [0.3, 0.4) is 0 Å². The molecule has 0 aliphatic rings. The van der Waals surface area contributed by atoms with Crippen molar-refractivity contribution in [3.8, 4) is 11.5 Å². The Labute approximate surface area is 185 Å².